The van der Waals surface area contributed by atoms with E-state index in [1.807, 2.05) is 26.8 Å². The van der Waals surface area contributed by atoms with Crippen LogP contribution in [0.4, 0.5) is 0 Å². The van der Waals surface area contributed by atoms with Crippen LogP contribution in [0, 0.1) is 6.92 Å². The van der Waals surface area contributed by atoms with E-state index in [2.05, 4.69) is 20.8 Å². The smallest absolute Gasteiger partial charge is 0.119 e. The minimum atomic E-state index is -0.280. The van der Waals surface area contributed by atoms with Crippen molar-refractivity contribution in [2.45, 2.75) is 52.4 Å². The van der Waals surface area contributed by atoms with Gasteiger partial charge in [-0.05, 0) is 35.1 Å². The molecule has 0 bridgehead atoms. The average molecular weight is 236 g/mol. The van der Waals surface area contributed by atoms with Gasteiger partial charge in [-0.1, -0.05) is 40.7 Å². The van der Waals surface area contributed by atoms with E-state index in [-0.39, 0.29) is 17.4 Å². The highest BCUT2D eigenvalue weighted by molar-refractivity contribution is 5.47. The molecule has 2 heteroatoms. The van der Waals surface area contributed by atoms with Gasteiger partial charge in [0.2, 0.25) is 0 Å². The first kappa shape index (κ1) is 14.0. The zero-order chi connectivity index (χ0) is 13.4. The Kier molecular flexibility index (Phi) is 3.58. The molecule has 2 N–H and O–H groups in total. The Hall–Kier alpha value is -1.02. The molecule has 0 aromatic heterocycles. The van der Waals surface area contributed by atoms with E-state index in [1.54, 1.807) is 6.07 Å². The molecular weight excluding hydrogens is 212 g/mol. The molecule has 1 aromatic carbocycles. The highest BCUT2D eigenvalue weighted by atomic mass is 16.3. The number of hydrogen-bond donors (Lipinski definition) is 2. The fourth-order valence-electron chi connectivity index (χ4n) is 2.11. The Morgan fingerprint density at radius 2 is 1.53 bits per heavy atom. The van der Waals surface area contributed by atoms with E-state index in [0.717, 1.165) is 16.7 Å². The van der Waals surface area contributed by atoms with Crippen LogP contribution < -0.4 is 0 Å². The van der Waals surface area contributed by atoms with Gasteiger partial charge in [-0.15, -0.1) is 0 Å². The summed E-state index contributed by atoms with van der Waals surface area (Å²) in [6, 6.07) is 3.83. The van der Waals surface area contributed by atoms with Gasteiger partial charge in [0.25, 0.3) is 0 Å². The predicted octanol–water partition coefficient (Wildman–Crippen LogP) is 3.27. The first-order chi connectivity index (χ1) is 7.59. The summed E-state index contributed by atoms with van der Waals surface area (Å²) in [4.78, 5) is 0. The summed E-state index contributed by atoms with van der Waals surface area (Å²) in [7, 11) is 0. The lowest BCUT2D eigenvalue weighted by molar-refractivity contribution is 0.217. The molecule has 2 nitrogen and oxygen atoms in total. The summed E-state index contributed by atoms with van der Waals surface area (Å²) in [5, 5.41) is 19.5. The second-order valence-electron chi connectivity index (χ2n) is 6.48. The van der Waals surface area contributed by atoms with Crippen LogP contribution in [0.25, 0.3) is 0 Å². The van der Waals surface area contributed by atoms with Gasteiger partial charge in [0, 0.05) is 5.41 Å². The highest BCUT2D eigenvalue weighted by Crippen LogP contribution is 2.36. The highest BCUT2D eigenvalue weighted by Gasteiger charge is 2.26. The second-order valence-corrected chi connectivity index (χ2v) is 6.48. The van der Waals surface area contributed by atoms with Crippen LogP contribution in [-0.4, -0.2) is 16.8 Å². The van der Waals surface area contributed by atoms with Gasteiger partial charge in [0.05, 0.1) is 6.61 Å². The monoisotopic (exact) mass is 236 g/mol. The molecule has 17 heavy (non-hydrogen) atoms. The molecule has 0 atom stereocenters. The van der Waals surface area contributed by atoms with E-state index < -0.39 is 0 Å². The normalized spacial score (nSPS) is 12.9. The van der Waals surface area contributed by atoms with Gasteiger partial charge >= 0.3 is 0 Å². The third-order valence-electron chi connectivity index (χ3n) is 3.28. The van der Waals surface area contributed by atoms with Crippen molar-refractivity contribution in [3.8, 4) is 5.75 Å². The van der Waals surface area contributed by atoms with E-state index in [1.165, 1.54) is 0 Å². The summed E-state index contributed by atoms with van der Waals surface area (Å²) in [6.07, 6.45) is 0. The third-order valence-corrected chi connectivity index (χ3v) is 3.28. The third kappa shape index (κ3) is 2.81. The van der Waals surface area contributed by atoms with Crippen molar-refractivity contribution < 1.29 is 10.2 Å². The lowest BCUT2D eigenvalue weighted by Gasteiger charge is -2.28. The number of aromatic hydroxyl groups is 1. The molecule has 0 aliphatic heterocycles. The molecular formula is C15H24O2. The Bertz CT molecular complexity index is 412. The van der Waals surface area contributed by atoms with Crippen molar-refractivity contribution >= 4 is 0 Å². The number of hydrogen-bond acceptors (Lipinski definition) is 2. The summed E-state index contributed by atoms with van der Waals surface area (Å²) in [6.45, 7) is 12.3. The minimum Gasteiger partial charge on any atom is -0.508 e. The Morgan fingerprint density at radius 3 is 1.94 bits per heavy atom. The maximum absolute atomic E-state index is 10.0. The zero-order valence-electron chi connectivity index (χ0n) is 11.8. The van der Waals surface area contributed by atoms with Gasteiger partial charge in [-0.25, -0.2) is 0 Å². The maximum atomic E-state index is 10.0. The molecule has 0 aliphatic rings. The summed E-state index contributed by atoms with van der Waals surface area (Å²) in [5.74, 6) is 0.340. The molecule has 1 rings (SSSR count). The molecule has 0 radical (unpaired) electrons. The number of aryl methyl sites for hydroxylation is 1. The van der Waals surface area contributed by atoms with Crippen LogP contribution in [-0.2, 0) is 10.8 Å². The number of aliphatic hydroxyl groups is 1. The molecule has 0 unspecified atom stereocenters. The predicted molar refractivity (Wildman–Crippen MR) is 71.7 cm³/mol. The average Bonchev–Trinajstić information content (AvgIpc) is 2.15. The standard InChI is InChI=1S/C15H24O2/c1-10-7-13(17)12(14(2,3)4)8-11(10)15(5,6)9-16/h7-8,16-17H,9H2,1-6H3. The Labute approximate surface area is 104 Å². The van der Waals surface area contributed by atoms with Crippen LogP contribution in [0.2, 0.25) is 0 Å². The topological polar surface area (TPSA) is 40.5 Å². The zero-order valence-corrected chi connectivity index (χ0v) is 11.8. The number of rotatable bonds is 2. The molecule has 0 fully saturated rings. The van der Waals surface area contributed by atoms with Crippen LogP contribution in [0.5, 0.6) is 5.75 Å². The lowest BCUT2D eigenvalue weighted by atomic mass is 9.77. The first-order valence-electron chi connectivity index (χ1n) is 6.05. The first-order valence-corrected chi connectivity index (χ1v) is 6.05. The quantitative estimate of drug-likeness (QED) is 0.827. The van der Waals surface area contributed by atoms with Crippen LogP contribution in [0.1, 0.15) is 51.3 Å². The fraction of sp³-hybridized carbons (Fsp3) is 0.600. The van der Waals surface area contributed by atoms with Crippen LogP contribution in [0.3, 0.4) is 0 Å². The summed E-state index contributed by atoms with van der Waals surface area (Å²) < 4.78 is 0. The summed E-state index contributed by atoms with van der Waals surface area (Å²) >= 11 is 0. The minimum absolute atomic E-state index is 0.0991. The van der Waals surface area contributed by atoms with Gasteiger partial charge in [-0.3, -0.25) is 0 Å². The number of phenolic OH excluding ortho intramolecular Hbond substituents is 1. The molecule has 0 amide bonds. The number of benzene rings is 1. The Balaban J connectivity index is 3.45. The summed E-state index contributed by atoms with van der Waals surface area (Å²) in [5.41, 5.74) is 2.67. The van der Waals surface area contributed by atoms with E-state index >= 15 is 0 Å². The van der Waals surface area contributed by atoms with Gasteiger partial charge < -0.3 is 10.2 Å². The van der Waals surface area contributed by atoms with E-state index in [0.29, 0.717) is 5.75 Å². The lowest BCUT2D eigenvalue weighted by Crippen LogP contribution is -2.24. The van der Waals surface area contributed by atoms with Crippen LogP contribution >= 0.6 is 0 Å². The second kappa shape index (κ2) is 4.34. The van der Waals surface area contributed by atoms with Gasteiger partial charge in [-0.2, -0.15) is 0 Å². The van der Waals surface area contributed by atoms with Crippen molar-refractivity contribution in [3.05, 3.63) is 28.8 Å². The number of phenols is 1. The van der Waals surface area contributed by atoms with Crippen molar-refractivity contribution in [2.75, 3.05) is 6.61 Å². The largest absolute Gasteiger partial charge is 0.508 e. The molecule has 96 valence electrons. The molecule has 1 aromatic rings. The molecule has 0 saturated carbocycles. The maximum Gasteiger partial charge on any atom is 0.119 e. The van der Waals surface area contributed by atoms with Crippen LogP contribution in [0.15, 0.2) is 12.1 Å². The van der Waals surface area contributed by atoms with E-state index in [9.17, 15) is 10.2 Å². The van der Waals surface area contributed by atoms with Gasteiger partial charge in [0.1, 0.15) is 5.75 Å². The SMILES string of the molecule is Cc1cc(O)c(C(C)(C)C)cc1C(C)(C)CO. The van der Waals surface area contributed by atoms with Crippen molar-refractivity contribution in [3.63, 3.8) is 0 Å². The van der Waals surface area contributed by atoms with Gasteiger partial charge in [0.15, 0.2) is 0 Å². The molecule has 0 aliphatic carbocycles. The van der Waals surface area contributed by atoms with Crippen molar-refractivity contribution in [1.82, 2.24) is 0 Å². The Morgan fingerprint density at radius 1 is 1.00 bits per heavy atom. The molecule has 0 saturated heterocycles. The molecule has 0 heterocycles. The molecule has 0 spiro atoms. The van der Waals surface area contributed by atoms with Crippen molar-refractivity contribution in [2.24, 2.45) is 0 Å². The fourth-order valence-corrected chi connectivity index (χ4v) is 2.11. The van der Waals surface area contributed by atoms with Crippen molar-refractivity contribution in [1.29, 1.82) is 0 Å². The number of aliphatic hydroxyl groups excluding tert-OH is 1. The van der Waals surface area contributed by atoms with E-state index in [4.69, 9.17) is 0 Å².